The van der Waals surface area contributed by atoms with Gasteiger partial charge in [-0.05, 0) is 76.1 Å². The summed E-state index contributed by atoms with van der Waals surface area (Å²) in [6.07, 6.45) is 1.88. The third kappa shape index (κ3) is 5.65. The zero-order valence-electron chi connectivity index (χ0n) is 22.8. The van der Waals surface area contributed by atoms with Gasteiger partial charge in [0.2, 0.25) is 10.0 Å². The van der Waals surface area contributed by atoms with Gasteiger partial charge in [-0.2, -0.15) is 0 Å². The molecule has 0 unspecified atom stereocenters. The third-order valence-electron chi connectivity index (χ3n) is 7.71. The molecule has 9 heteroatoms. The number of nitrogens with zero attached hydrogens (tertiary/aromatic N) is 1. The molecule has 1 atom stereocenters. The fourth-order valence-electron chi connectivity index (χ4n) is 5.41. The predicted octanol–water partition coefficient (Wildman–Crippen LogP) is 5.47. The zero-order chi connectivity index (χ0) is 28.0. The highest BCUT2D eigenvalue weighted by Gasteiger charge is 2.57. The Morgan fingerprint density at radius 3 is 2.26 bits per heavy atom. The molecule has 8 nitrogen and oxygen atoms in total. The number of sulfonamides is 1. The Morgan fingerprint density at radius 1 is 0.949 bits per heavy atom. The van der Waals surface area contributed by atoms with E-state index >= 15 is 0 Å². The number of likely N-dealkylation sites (tertiary alicyclic amines) is 1. The second-order valence-corrected chi connectivity index (χ2v) is 13.3. The number of nitrogens with one attached hydrogen (secondary N) is 2. The number of rotatable bonds is 5. The van der Waals surface area contributed by atoms with Crippen molar-refractivity contribution < 1.29 is 22.7 Å². The molecule has 2 amide bonds. The Morgan fingerprint density at radius 2 is 1.59 bits per heavy atom. The smallest absolute Gasteiger partial charge is 0.410 e. The molecule has 1 saturated carbocycles. The summed E-state index contributed by atoms with van der Waals surface area (Å²) >= 11 is 0. The summed E-state index contributed by atoms with van der Waals surface area (Å²) in [5, 5.41) is 4.15. The maximum atomic E-state index is 13.6. The highest BCUT2D eigenvalue weighted by Crippen LogP contribution is 2.54. The highest BCUT2D eigenvalue weighted by atomic mass is 32.2. The third-order valence-corrected chi connectivity index (χ3v) is 9.24. The molecule has 1 heterocycles. The summed E-state index contributed by atoms with van der Waals surface area (Å²) in [6, 6.07) is 17.5. The topological polar surface area (TPSA) is 105 Å². The van der Waals surface area contributed by atoms with Crippen LogP contribution in [0.4, 0.5) is 10.5 Å². The van der Waals surface area contributed by atoms with E-state index in [1.54, 1.807) is 35.2 Å². The van der Waals surface area contributed by atoms with E-state index in [2.05, 4.69) is 10.0 Å². The van der Waals surface area contributed by atoms with E-state index in [1.165, 1.54) is 0 Å². The molecule has 1 spiro atoms. The molecule has 3 aromatic rings. The van der Waals surface area contributed by atoms with Crippen LogP contribution in [0.1, 0.15) is 56.0 Å². The van der Waals surface area contributed by atoms with Gasteiger partial charge in [0.15, 0.2) is 0 Å². The van der Waals surface area contributed by atoms with Crippen LogP contribution in [0.15, 0.2) is 65.6 Å². The molecule has 0 radical (unpaired) electrons. The van der Waals surface area contributed by atoms with Gasteiger partial charge < -0.3 is 15.0 Å². The van der Waals surface area contributed by atoms with Gasteiger partial charge in [0.25, 0.3) is 5.91 Å². The minimum Gasteiger partial charge on any atom is -0.444 e. The molecule has 39 heavy (non-hydrogen) atoms. The van der Waals surface area contributed by atoms with Crippen LogP contribution in [0.5, 0.6) is 0 Å². The summed E-state index contributed by atoms with van der Waals surface area (Å²) in [5.41, 5.74) is 1.29. The van der Waals surface area contributed by atoms with Gasteiger partial charge in [-0.3, -0.25) is 4.79 Å². The lowest BCUT2D eigenvalue weighted by atomic mass is 9.93. The summed E-state index contributed by atoms with van der Waals surface area (Å²) in [5.74, 6) is -0.246. The summed E-state index contributed by atoms with van der Waals surface area (Å²) in [4.78, 5) is 27.3. The molecule has 1 aliphatic heterocycles. The van der Waals surface area contributed by atoms with Crippen LogP contribution in [-0.2, 0) is 14.8 Å². The van der Waals surface area contributed by atoms with Crippen molar-refractivity contribution in [2.45, 2.75) is 63.5 Å². The predicted molar refractivity (Wildman–Crippen MR) is 151 cm³/mol. The Bertz CT molecular complexity index is 1540. The molecule has 0 bridgehead atoms. The number of piperidine rings is 1. The number of benzene rings is 3. The average Bonchev–Trinajstić information content (AvgIpc) is 3.52. The first-order chi connectivity index (χ1) is 18.4. The number of hydrogen-bond donors (Lipinski definition) is 2. The van der Waals surface area contributed by atoms with Crippen molar-refractivity contribution in [3.8, 4) is 0 Å². The van der Waals surface area contributed by atoms with Crippen molar-refractivity contribution in [2.75, 3.05) is 18.4 Å². The van der Waals surface area contributed by atoms with Crippen molar-refractivity contribution in [1.29, 1.82) is 0 Å². The molecule has 2 N–H and O–H groups in total. The number of aryl methyl sites for hydroxylation is 1. The second kappa shape index (κ2) is 9.95. The summed E-state index contributed by atoms with van der Waals surface area (Å²) in [6.45, 7) is 8.50. The van der Waals surface area contributed by atoms with Crippen LogP contribution in [0.3, 0.4) is 0 Å². The van der Waals surface area contributed by atoms with Gasteiger partial charge in [0, 0.05) is 41.2 Å². The molecule has 2 fully saturated rings. The fraction of sp³-hybridized carbons (Fsp3) is 0.400. The number of amides is 2. The van der Waals surface area contributed by atoms with Gasteiger partial charge in [-0.1, -0.05) is 42.5 Å². The van der Waals surface area contributed by atoms with Crippen molar-refractivity contribution in [1.82, 2.24) is 9.62 Å². The summed E-state index contributed by atoms with van der Waals surface area (Å²) in [7, 11) is -3.82. The van der Waals surface area contributed by atoms with E-state index in [0.717, 1.165) is 24.8 Å². The van der Waals surface area contributed by atoms with Gasteiger partial charge in [-0.15, -0.1) is 0 Å². The number of ether oxygens (including phenoxy) is 1. The van der Waals surface area contributed by atoms with Crippen molar-refractivity contribution in [3.63, 3.8) is 0 Å². The SMILES string of the molecule is Cc1ccccc1C(=O)Nc1ccc(S(=O)(=O)N[C@H]2CC23CCN(C(=O)OC(C)(C)C)CC3)c2ccccc12. The van der Waals surface area contributed by atoms with Crippen molar-refractivity contribution >= 4 is 38.5 Å². The van der Waals surface area contributed by atoms with Gasteiger partial charge in [0.05, 0.1) is 4.90 Å². The minimum atomic E-state index is -3.82. The van der Waals surface area contributed by atoms with E-state index in [0.29, 0.717) is 35.1 Å². The lowest BCUT2D eigenvalue weighted by Gasteiger charge is -2.34. The first-order valence-electron chi connectivity index (χ1n) is 13.3. The van der Waals surface area contributed by atoms with Crippen molar-refractivity contribution in [2.24, 2.45) is 5.41 Å². The number of carbonyl (C=O) groups is 2. The zero-order valence-corrected chi connectivity index (χ0v) is 23.6. The van der Waals surface area contributed by atoms with Crippen LogP contribution >= 0.6 is 0 Å². The van der Waals surface area contributed by atoms with Crippen molar-refractivity contribution in [3.05, 3.63) is 71.8 Å². The molecular formula is C30H35N3O5S. The highest BCUT2D eigenvalue weighted by molar-refractivity contribution is 7.89. The molecule has 2 aliphatic rings. The molecule has 206 valence electrons. The molecule has 1 saturated heterocycles. The quantitative estimate of drug-likeness (QED) is 0.439. The number of fused-ring (bicyclic) bond motifs is 1. The van der Waals surface area contributed by atoms with Crippen LogP contribution in [0.25, 0.3) is 10.8 Å². The van der Waals surface area contributed by atoms with Gasteiger partial charge in [0.1, 0.15) is 5.60 Å². The number of hydrogen-bond acceptors (Lipinski definition) is 5. The van der Waals surface area contributed by atoms with Gasteiger partial charge in [-0.25, -0.2) is 17.9 Å². The second-order valence-electron chi connectivity index (χ2n) is 11.6. The van der Waals surface area contributed by atoms with Gasteiger partial charge >= 0.3 is 6.09 Å². The fourth-order valence-corrected chi connectivity index (χ4v) is 6.96. The molecular weight excluding hydrogens is 514 g/mol. The Hall–Kier alpha value is -3.43. The maximum Gasteiger partial charge on any atom is 0.410 e. The Kier molecular flexibility index (Phi) is 6.93. The van der Waals surface area contributed by atoms with E-state index in [4.69, 9.17) is 4.74 Å². The monoisotopic (exact) mass is 549 g/mol. The lowest BCUT2D eigenvalue weighted by Crippen LogP contribution is -2.43. The normalized spacial score (nSPS) is 18.7. The molecule has 0 aromatic heterocycles. The standard InChI is InChI=1S/C30H35N3O5S/c1-20-9-5-6-10-21(20)27(34)31-24-13-14-25(23-12-8-7-11-22(23)24)39(36,37)32-26-19-30(26)15-17-33(18-16-30)28(35)38-29(2,3)4/h5-14,26,32H,15-19H2,1-4H3,(H,31,34)/t26-/m0/s1. The first kappa shape index (κ1) is 27.1. The number of anilines is 1. The van der Waals surface area contributed by atoms with Crippen LogP contribution in [-0.4, -0.2) is 50.1 Å². The minimum absolute atomic E-state index is 0.136. The molecule has 3 aromatic carbocycles. The van der Waals surface area contributed by atoms with Crippen LogP contribution < -0.4 is 10.0 Å². The van der Waals surface area contributed by atoms with E-state index in [1.807, 2.05) is 58.0 Å². The Balaban J connectivity index is 1.30. The Labute approximate surface area is 229 Å². The largest absolute Gasteiger partial charge is 0.444 e. The lowest BCUT2D eigenvalue weighted by molar-refractivity contribution is 0.0169. The van der Waals surface area contributed by atoms with Crippen LogP contribution in [0.2, 0.25) is 0 Å². The maximum absolute atomic E-state index is 13.6. The molecule has 5 rings (SSSR count). The van der Waals surface area contributed by atoms with E-state index < -0.39 is 15.6 Å². The van der Waals surface area contributed by atoms with E-state index in [9.17, 15) is 18.0 Å². The molecule has 1 aliphatic carbocycles. The first-order valence-corrected chi connectivity index (χ1v) is 14.8. The average molecular weight is 550 g/mol. The number of carbonyl (C=O) groups excluding carboxylic acids is 2. The van der Waals surface area contributed by atoms with Crippen LogP contribution in [0, 0.1) is 12.3 Å². The van der Waals surface area contributed by atoms with E-state index in [-0.39, 0.29) is 28.4 Å². The summed E-state index contributed by atoms with van der Waals surface area (Å²) < 4.78 is 35.5.